The monoisotopic (exact) mass is 532 g/mol. The van der Waals surface area contributed by atoms with Gasteiger partial charge in [0, 0.05) is 5.56 Å². The summed E-state index contributed by atoms with van der Waals surface area (Å²) < 4.78 is 12.5. The van der Waals surface area contributed by atoms with E-state index in [0.717, 1.165) is 28.4 Å². The topological polar surface area (TPSA) is 130 Å². The summed E-state index contributed by atoms with van der Waals surface area (Å²) in [5, 5.41) is 21.0. The fraction of sp³-hybridized carbons (Fsp3) is 0.148. The molecule has 0 aliphatic heterocycles. The number of carboxylic acid groups (broad SMARTS) is 1. The van der Waals surface area contributed by atoms with Crippen LogP contribution >= 0.6 is 11.8 Å². The minimum atomic E-state index is -1.09. The zero-order valence-corrected chi connectivity index (χ0v) is 21.6. The van der Waals surface area contributed by atoms with Gasteiger partial charge in [0.2, 0.25) is 0 Å². The number of H-pyrrole nitrogens is 1. The molecule has 1 aromatic heterocycles. The van der Waals surface area contributed by atoms with Crippen molar-refractivity contribution in [3.05, 3.63) is 83.9 Å². The van der Waals surface area contributed by atoms with E-state index in [2.05, 4.69) is 20.7 Å². The van der Waals surface area contributed by atoms with Crippen LogP contribution in [-0.4, -0.2) is 52.9 Å². The van der Waals surface area contributed by atoms with E-state index in [1.165, 1.54) is 18.0 Å². The van der Waals surface area contributed by atoms with Crippen LogP contribution in [0, 0.1) is 6.92 Å². The highest BCUT2D eigenvalue weighted by molar-refractivity contribution is 7.99. The van der Waals surface area contributed by atoms with Crippen molar-refractivity contribution in [1.29, 1.82) is 0 Å². The molecule has 11 heteroatoms. The molecule has 4 aromatic rings. The summed E-state index contributed by atoms with van der Waals surface area (Å²) in [5.74, 6) is 0.491. The summed E-state index contributed by atoms with van der Waals surface area (Å²) in [7, 11) is 1.61. The van der Waals surface area contributed by atoms with Crippen molar-refractivity contribution in [2.24, 2.45) is 5.10 Å². The van der Waals surface area contributed by atoms with Crippen LogP contribution in [0.3, 0.4) is 0 Å². The number of aryl methyl sites for hydroxylation is 1. The van der Waals surface area contributed by atoms with Crippen molar-refractivity contribution in [2.75, 3.05) is 19.5 Å². The molecule has 0 saturated carbocycles. The van der Waals surface area contributed by atoms with Crippen molar-refractivity contribution in [3.63, 3.8) is 0 Å². The summed E-state index contributed by atoms with van der Waals surface area (Å²) in [6.45, 7) is 1.55. The lowest BCUT2D eigenvalue weighted by molar-refractivity contribution is -0.625. The van der Waals surface area contributed by atoms with E-state index in [9.17, 15) is 9.59 Å². The number of hydrogen-bond acceptors (Lipinski definition) is 7. The molecule has 0 bridgehead atoms. The molecule has 3 aromatic carbocycles. The Bertz CT molecular complexity index is 1440. The molecule has 0 aliphatic rings. The fourth-order valence-corrected chi connectivity index (χ4v) is 4.22. The number of amides is 1. The van der Waals surface area contributed by atoms with Gasteiger partial charge in [0.25, 0.3) is 11.7 Å². The number of benzene rings is 3. The maximum atomic E-state index is 12.5. The van der Waals surface area contributed by atoms with Crippen LogP contribution in [0.2, 0.25) is 0 Å². The molecule has 3 N–H and O–H groups in total. The van der Waals surface area contributed by atoms with Gasteiger partial charge in [-0.25, -0.2) is 10.2 Å². The zero-order valence-electron chi connectivity index (χ0n) is 20.7. The number of aromatic nitrogens is 3. The second-order valence-electron chi connectivity index (χ2n) is 8.06. The number of hydrogen-bond donors (Lipinski definition) is 3. The van der Waals surface area contributed by atoms with E-state index < -0.39 is 12.6 Å². The number of nitrogens with one attached hydrogen (secondary N) is 2. The van der Waals surface area contributed by atoms with Crippen LogP contribution < -0.4 is 19.5 Å². The maximum absolute atomic E-state index is 12.5. The molecule has 0 saturated heterocycles. The Hall–Kier alpha value is -4.64. The molecular weight excluding hydrogens is 506 g/mol. The van der Waals surface area contributed by atoms with E-state index in [4.69, 9.17) is 14.6 Å². The number of carbonyl (C=O) groups excluding carboxylic acids is 1. The molecule has 0 atom stereocenters. The Kier molecular flexibility index (Phi) is 8.73. The fourth-order valence-electron chi connectivity index (χ4n) is 3.46. The molecule has 0 unspecified atom stereocenters. The zero-order chi connectivity index (χ0) is 26.9. The molecule has 4 rings (SSSR count). The molecule has 0 spiro atoms. The van der Waals surface area contributed by atoms with Gasteiger partial charge >= 0.3 is 11.1 Å². The minimum absolute atomic E-state index is 0.0584. The molecule has 10 nitrogen and oxygen atoms in total. The number of aromatic amines is 1. The minimum Gasteiger partial charge on any atom is -0.497 e. The standard InChI is InChI=1S/C27H25N5O5S/c1-18-7-9-19(10-8-18)26-30-31-27(32(26)21-11-13-22(36-2)14-12-21)38-17-24(33)29-28-15-20-5-3-4-6-23(20)37-16-25(34)35/h3-15H,16-17H2,1-2H3,(H2,29,33,34,35)/p+1. The summed E-state index contributed by atoms with van der Waals surface area (Å²) in [5.41, 5.74) is 5.97. The third kappa shape index (κ3) is 6.77. The number of carbonyl (C=O) groups is 2. The summed E-state index contributed by atoms with van der Waals surface area (Å²) >= 11 is 1.25. The van der Waals surface area contributed by atoms with Gasteiger partial charge in [0.1, 0.15) is 17.2 Å². The number of hydrazone groups is 1. The van der Waals surface area contributed by atoms with E-state index >= 15 is 0 Å². The molecule has 194 valence electrons. The van der Waals surface area contributed by atoms with Gasteiger partial charge in [-0.2, -0.15) is 9.67 Å². The SMILES string of the molecule is COc1ccc(-[n+]2c(SCC(=O)NN=Cc3ccccc3OCC(=O)O)n[nH]c2-c2ccc(C)cc2)cc1. The highest BCUT2D eigenvalue weighted by Gasteiger charge is 2.24. The second-order valence-corrected chi connectivity index (χ2v) is 9.00. The van der Waals surface area contributed by atoms with Crippen LogP contribution in [-0.2, 0) is 9.59 Å². The smallest absolute Gasteiger partial charge is 0.342 e. The quantitative estimate of drug-likeness (QED) is 0.117. The Morgan fingerprint density at radius 3 is 2.55 bits per heavy atom. The van der Waals surface area contributed by atoms with Gasteiger partial charge in [-0.3, -0.25) is 4.79 Å². The number of methoxy groups -OCH3 is 1. The number of nitrogens with zero attached hydrogens (tertiary/aromatic N) is 3. The summed E-state index contributed by atoms with van der Waals surface area (Å²) in [6, 6.07) is 22.4. The van der Waals surface area contributed by atoms with Crippen molar-refractivity contribution >= 4 is 29.9 Å². The highest BCUT2D eigenvalue weighted by atomic mass is 32.2. The second kappa shape index (κ2) is 12.5. The van der Waals surface area contributed by atoms with Crippen molar-refractivity contribution in [1.82, 2.24) is 15.6 Å². The van der Waals surface area contributed by atoms with Crippen LogP contribution in [0.4, 0.5) is 0 Å². The molecule has 0 radical (unpaired) electrons. The third-order valence-corrected chi connectivity index (χ3v) is 6.26. The molecule has 1 amide bonds. The van der Waals surface area contributed by atoms with Gasteiger partial charge in [-0.15, -0.1) is 5.10 Å². The van der Waals surface area contributed by atoms with Crippen LogP contribution in [0.5, 0.6) is 11.5 Å². The number of aliphatic carboxylic acids is 1. The van der Waals surface area contributed by atoms with Crippen LogP contribution in [0.1, 0.15) is 11.1 Å². The highest BCUT2D eigenvalue weighted by Crippen LogP contribution is 2.22. The summed E-state index contributed by atoms with van der Waals surface area (Å²) in [4.78, 5) is 23.3. The summed E-state index contributed by atoms with van der Waals surface area (Å²) in [6.07, 6.45) is 1.40. The van der Waals surface area contributed by atoms with Gasteiger partial charge < -0.3 is 14.6 Å². The molecular formula is C27H26N5O5S+. The lowest BCUT2D eigenvalue weighted by Crippen LogP contribution is -2.34. The van der Waals surface area contributed by atoms with E-state index in [-0.39, 0.29) is 11.7 Å². The Morgan fingerprint density at radius 1 is 1.11 bits per heavy atom. The van der Waals surface area contributed by atoms with E-state index in [1.807, 2.05) is 60.0 Å². The first kappa shape index (κ1) is 26.4. The van der Waals surface area contributed by atoms with Gasteiger partial charge in [-0.05, 0) is 67.2 Å². The largest absolute Gasteiger partial charge is 0.497 e. The van der Waals surface area contributed by atoms with Crippen molar-refractivity contribution in [2.45, 2.75) is 12.1 Å². The van der Waals surface area contributed by atoms with E-state index in [0.29, 0.717) is 16.5 Å². The average Bonchev–Trinajstić information content (AvgIpc) is 3.35. The molecule has 0 fully saturated rings. The van der Waals surface area contributed by atoms with Crippen molar-refractivity contribution in [3.8, 4) is 28.6 Å². The Balaban J connectivity index is 1.48. The van der Waals surface area contributed by atoms with Gasteiger partial charge in [-0.1, -0.05) is 29.8 Å². The van der Waals surface area contributed by atoms with Crippen LogP contribution in [0.15, 0.2) is 83.1 Å². The predicted molar refractivity (Wildman–Crippen MR) is 143 cm³/mol. The predicted octanol–water partition coefficient (Wildman–Crippen LogP) is 3.38. The van der Waals surface area contributed by atoms with Crippen LogP contribution in [0.25, 0.3) is 17.1 Å². The van der Waals surface area contributed by atoms with Crippen molar-refractivity contribution < 1.29 is 28.7 Å². The first-order valence-electron chi connectivity index (χ1n) is 11.5. The van der Waals surface area contributed by atoms with E-state index in [1.54, 1.807) is 31.4 Å². The average molecular weight is 533 g/mol. The number of thioether (sulfide) groups is 1. The number of carboxylic acids is 1. The van der Waals surface area contributed by atoms with Gasteiger partial charge in [0.05, 0.1) is 29.7 Å². The number of rotatable bonds is 11. The maximum Gasteiger partial charge on any atom is 0.342 e. The first-order valence-corrected chi connectivity index (χ1v) is 12.5. The molecule has 1 heterocycles. The molecule has 38 heavy (non-hydrogen) atoms. The van der Waals surface area contributed by atoms with Gasteiger partial charge in [0.15, 0.2) is 6.61 Å². The lowest BCUT2D eigenvalue weighted by atomic mass is 10.1. The Labute approximate surface area is 223 Å². The Morgan fingerprint density at radius 2 is 1.84 bits per heavy atom. The number of ether oxygens (including phenoxy) is 2. The third-order valence-electron chi connectivity index (χ3n) is 5.32. The number of para-hydroxylation sites is 1. The molecule has 0 aliphatic carbocycles. The lowest BCUT2D eigenvalue weighted by Gasteiger charge is -2.06. The normalized spacial score (nSPS) is 10.9. The first-order chi connectivity index (χ1) is 18.4.